The Kier molecular flexibility index (Phi) is 4.48. The van der Waals surface area contributed by atoms with E-state index in [0.29, 0.717) is 6.54 Å². The fourth-order valence-corrected chi connectivity index (χ4v) is 3.03. The second-order valence-corrected chi connectivity index (χ2v) is 5.66. The third-order valence-electron chi connectivity index (χ3n) is 4.16. The molecule has 0 amide bonds. The van der Waals surface area contributed by atoms with Crippen LogP contribution in [-0.4, -0.2) is 42.7 Å². The zero-order valence-electron chi connectivity index (χ0n) is 12.6. The van der Waals surface area contributed by atoms with Crippen molar-refractivity contribution >= 4 is 10.9 Å². The third kappa shape index (κ3) is 3.23. The monoisotopic (exact) mass is 285 g/mol. The molecular weight excluding hydrogens is 262 g/mol. The number of rotatable bonds is 3. The van der Waals surface area contributed by atoms with E-state index >= 15 is 0 Å². The van der Waals surface area contributed by atoms with Crippen molar-refractivity contribution in [1.82, 2.24) is 9.88 Å². The number of hydrogen-bond acceptors (Lipinski definition) is 4. The fourth-order valence-electron chi connectivity index (χ4n) is 3.03. The van der Waals surface area contributed by atoms with Gasteiger partial charge in [-0.2, -0.15) is 0 Å². The van der Waals surface area contributed by atoms with Gasteiger partial charge in [-0.05, 0) is 37.1 Å². The van der Waals surface area contributed by atoms with Gasteiger partial charge in [0.15, 0.2) is 0 Å². The summed E-state index contributed by atoms with van der Waals surface area (Å²) >= 11 is 0. The Balaban J connectivity index is 1.90. The number of aromatic nitrogens is 1. The molecule has 1 saturated heterocycles. The van der Waals surface area contributed by atoms with Crippen molar-refractivity contribution in [2.75, 3.05) is 32.8 Å². The highest BCUT2D eigenvalue weighted by molar-refractivity contribution is 5.79. The average Bonchev–Trinajstić information content (AvgIpc) is 2.77. The first kappa shape index (κ1) is 14.4. The molecule has 4 nitrogen and oxygen atoms in total. The lowest BCUT2D eigenvalue weighted by atomic mass is 10.0. The van der Waals surface area contributed by atoms with E-state index < -0.39 is 0 Å². The lowest BCUT2D eigenvalue weighted by molar-refractivity contribution is 0.132. The molecule has 0 radical (unpaired) electrons. The van der Waals surface area contributed by atoms with E-state index in [2.05, 4.69) is 40.2 Å². The van der Waals surface area contributed by atoms with Crippen LogP contribution in [0.2, 0.25) is 0 Å². The Morgan fingerprint density at radius 1 is 1.24 bits per heavy atom. The zero-order valence-corrected chi connectivity index (χ0v) is 12.6. The van der Waals surface area contributed by atoms with Gasteiger partial charge in [-0.3, -0.25) is 9.88 Å². The number of ether oxygens (including phenoxy) is 1. The highest BCUT2D eigenvalue weighted by Crippen LogP contribution is 2.24. The van der Waals surface area contributed by atoms with Crippen LogP contribution in [-0.2, 0) is 4.74 Å². The molecule has 1 atom stereocenters. The number of fused-ring (bicyclic) bond motifs is 1. The number of nitrogens with two attached hydrogens (primary N) is 1. The Hall–Kier alpha value is -1.49. The topological polar surface area (TPSA) is 51.4 Å². The SMILES string of the molecule is Cc1ccc2cc(C(CN)N3CCCOCC3)ccc2n1. The van der Waals surface area contributed by atoms with Crippen LogP contribution in [0.5, 0.6) is 0 Å². The van der Waals surface area contributed by atoms with Gasteiger partial charge in [-0.25, -0.2) is 0 Å². The summed E-state index contributed by atoms with van der Waals surface area (Å²) in [4.78, 5) is 7.00. The van der Waals surface area contributed by atoms with Gasteiger partial charge < -0.3 is 10.5 Å². The molecule has 1 aliphatic heterocycles. The molecule has 0 spiro atoms. The van der Waals surface area contributed by atoms with E-state index in [0.717, 1.165) is 43.9 Å². The molecule has 21 heavy (non-hydrogen) atoms. The van der Waals surface area contributed by atoms with Crippen LogP contribution in [0.1, 0.15) is 23.7 Å². The quantitative estimate of drug-likeness (QED) is 0.940. The van der Waals surface area contributed by atoms with Crippen molar-refractivity contribution in [3.63, 3.8) is 0 Å². The summed E-state index contributed by atoms with van der Waals surface area (Å²) in [6.45, 7) is 6.30. The fraction of sp³-hybridized carbons (Fsp3) is 0.471. The van der Waals surface area contributed by atoms with E-state index in [1.807, 2.05) is 6.92 Å². The highest BCUT2D eigenvalue weighted by Gasteiger charge is 2.20. The summed E-state index contributed by atoms with van der Waals surface area (Å²) in [5, 5.41) is 1.18. The number of pyridine rings is 1. The van der Waals surface area contributed by atoms with Crippen LogP contribution < -0.4 is 5.73 Å². The van der Waals surface area contributed by atoms with E-state index in [-0.39, 0.29) is 6.04 Å². The standard InChI is InChI=1S/C17H23N3O/c1-13-3-4-14-11-15(5-6-16(14)19-13)17(12-18)20-7-2-9-21-10-8-20/h3-6,11,17H,2,7-10,12,18H2,1H3. The molecule has 1 aromatic carbocycles. The molecule has 1 fully saturated rings. The molecule has 4 heteroatoms. The number of nitrogens with zero attached hydrogens (tertiary/aromatic N) is 2. The molecule has 0 saturated carbocycles. The van der Waals surface area contributed by atoms with E-state index in [9.17, 15) is 0 Å². The summed E-state index contributed by atoms with van der Waals surface area (Å²) in [6, 6.07) is 11.0. The number of hydrogen-bond donors (Lipinski definition) is 1. The second kappa shape index (κ2) is 6.52. The minimum atomic E-state index is 0.261. The molecule has 0 bridgehead atoms. The Labute approximate surface area is 125 Å². The normalized spacial score (nSPS) is 18.6. The first-order valence-electron chi connectivity index (χ1n) is 7.67. The molecule has 0 aliphatic carbocycles. The van der Waals surface area contributed by atoms with Crippen molar-refractivity contribution in [3.8, 4) is 0 Å². The van der Waals surface area contributed by atoms with E-state index in [1.54, 1.807) is 0 Å². The van der Waals surface area contributed by atoms with Crippen LogP contribution in [0.4, 0.5) is 0 Å². The van der Waals surface area contributed by atoms with Crippen molar-refractivity contribution in [2.45, 2.75) is 19.4 Å². The van der Waals surface area contributed by atoms with Gasteiger partial charge in [0.2, 0.25) is 0 Å². The van der Waals surface area contributed by atoms with Gasteiger partial charge in [0.25, 0.3) is 0 Å². The van der Waals surface area contributed by atoms with Crippen LogP contribution in [0.3, 0.4) is 0 Å². The van der Waals surface area contributed by atoms with Crippen LogP contribution >= 0.6 is 0 Å². The maximum atomic E-state index is 6.06. The summed E-state index contributed by atoms with van der Waals surface area (Å²) < 4.78 is 5.55. The Morgan fingerprint density at radius 3 is 3.00 bits per heavy atom. The second-order valence-electron chi connectivity index (χ2n) is 5.66. The van der Waals surface area contributed by atoms with Crippen LogP contribution in [0.25, 0.3) is 10.9 Å². The van der Waals surface area contributed by atoms with Gasteiger partial charge in [-0.1, -0.05) is 12.1 Å². The molecule has 112 valence electrons. The number of aryl methyl sites for hydroxylation is 1. The molecule has 3 rings (SSSR count). The maximum Gasteiger partial charge on any atom is 0.0705 e. The molecule has 2 N–H and O–H groups in total. The molecule has 2 heterocycles. The minimum absolute atomic E-state index is 0.261. The van der Waals surface area contributed by atoms with Crippen molar-refractivity contribution in [2.24, 2.45) is 5.73 Å². The lowest BCUT2D eigenvalue weighted by Gasteiger charge is -2.29. The summed E-state index contributed by atoms with van der Waals surface area (Å²) in [6.07, 6.45) is 1.07. The van der Waals surface area contributed by atoms with Crippen molar-refractivity contribution < 1.29 is 4.74 Å². The smallest absolute Gasteiger partial charge is 0.0705 e. The van der Waals surface area contributed by atoms with Gasteiger partial charge >= 0.3 is 0 Å². The average molecular weight is 285 g/mol. The lowest BCUT2D eigenvalue weighted by Crippen LogP contribution is -2.35. The Bertz CT molecular complexity index is 606. The minimum Gasteiger partial charge on any atom is -0.380 e. The largest absolute Gasteiger partial charge is 0.380 e. The molecule has 1 aromatic heterocycles. The van der Waals surface area contributed by atoms with Crippen LogP contribution in [0.15, 0.2) is 30.3 Å². The first-order valence-corrected chi connectivity index (χ1v) is 7.67. The van der Waals surface area contributed by atoms with Gasteiger partial charge in [0.1, 0.15) is 0 Å². The molecule has 1 aliphatic rings. The van der Waals surface area contributed by atoms with Gasteiger partial charge in [0.05, 0.1) is 12.1 Å². The van der Waals surface area contributed by atoms with E-state index in [4.69, 9.17) is 10.5 Å². The van der Waals surface area contributed by atoms with Gasteiger partial charge in [0, 0.05) is 43.4 Å². The van der Waals surface area contributed by atoms with Crippen molar-refractivity contribution in [3.05, 3.63) is 41.6 Å². The predicted octanol–water partition coefficient (Wildman–Crippen LogP) is 2.27. The molecule has 1 unspecified atom stereocenters. The molecule has 2 aromatic rings. The van der Waals surface area contributed by atoms with Crippen LogP contribution in [0, 0.1) is 6.92 Å². The third-order valence-corrected chi connectivity index (χ3v) is 4.16. The zero-order chi connectivity index (χ0) is 14.7. The summed E-state index contributed by atoms with van der Waals surface area (Å²) in [5.74, 6) is 0. The van der Waals surface area contributed by atoms with E-state index in [1.165, 1.54) is 10.9 Å². The number of benzene rings is 1. The Morgan fingerprint density at radius 2 is 2.14 bits per heavy atom. The predicted molar refractivity (Wildman–Crippen MR) is 85.3 cm³/mol. The first-order chi connectivity index (χ1) is 10.3. The summed E-state index contributed by atoms with van der Waals surface area (Å²) in [5.41, 5.74) is 9.43. The van der Waals surface area contributed by atoms with Crippen molar-refractivity contribution in [1.29, 1.82) is 0 Å². The highest BCUT2D eigenvalue weighted by atomic mass is 16.5. The van der Waals surface area contributed by atoms with Gasteiger partial charge in [-0.15, -0.1) is 0 Å². The summed E-state index contributed by atoms with van der Waals surface area (Å²) in [7, 11) is 0. The maximum absolute atomic E-state index is 6.06. The molecular formula is C17H23N3O.